The molecule has 3 fully saturated rings. The molecule has 1 aliphatic carbocycles. The molecule has 2 aliphatic heterocycles. The van der Waals surface area contributed by atoms with Crippen LogP contribution in [0.4, 0.5) is 4.79 Å². The number of nitrogens with one attached hydrogen (secondary N) is 1. The molecule has 6 nitrogen and oxygen atoms in total. The zero-order valence-corrected chi connectivity index (χ0v) is 16.2. The Labute approximate surface area is 161 Å². The van der Waals surface area contributed by atoms with Crippen LogP contribution in [-0.4, -0.2) is 67.8 Å². The summed E-state index contributed by atoms with van der Waals surface area (Å²) in [4.78, 5) is 16.8. The van der Waals surface area contributed by atoms with Gasteiger partial charge in [0.2, 0.25) is 0 Å². The third-order valence-electron chi connectivity index (χ3n) is 6.20. The second kappa shape index (κ2) is 8.38. The van der Waals surface area contributed by atoms with Gasteiger partial charge in [-0.05, 0) is 43.9 Å². The first-order valence-electron chi connectivity index (χ1n) is 10.3. The highest BCUT2D eigenvalue weighted by molar-refractivity contribution is 5.75. The van der Waals surface area contributed by atoms with Gasteiger partial charge in [0.05, 0.1) is 20.2 Å². The van der Waals surface area contributed by atoms with Gasteiger partial charge in [0.15, 0.2) is 11.5 Å². The van der Waals surface area contributed by atoms with Crippen molar-refractivity contribution >= 4 is 6.03 Å². The maximum absolute atomic E-state index is 12.4. The third-order valence-corrected chi connectivity index (χ3v) is 6.20. The fraction of sp³-hybridized carbons (Fsp3) is 0.667. The number of ether oxygens (including phenoxy) is 2. The summed E-state index contributed by atoms with van der Waals surface area (Å²) in [5, 5.41) is 3.12. The molecule has 0 bridgehead atoms. The van der Waals surface area contributed by atoms with Crippen molar-refractivity contribution in [3.05, 3.63) is 24.3 Å². The van der Waals surface area contributed by atoms with Crippen molar-refractivity contribution in [1.29, 1.82) is 0 Å². The van der Waals surface area contributed by atoms with Gasteiger partial charge < -0.3 is 24.6 Å². The van der Waals surface area contributed by atoms with E-state index in [4.69, 9.17) is 9.47 Å². The molecular weight excluding hydrogens is 342 g/mol. The van der Waals surface area contributed by atoms with Gasteiger partial charge in [0.25, 0.3) is 0 Å². The van der Waals surface area contributed by atoms with Gasteiger partial charge >= 0.3 is 6.03 Å². The average molecular weight is 373 g/mol. The van der Waals surface area contributed by atoms with E-state index in [2.05, 4.69) is 10.2 Å². The number of carbonyl (C=O) groups is 1. The fourth-order valence-electron chi connectivity index (χ4n) is 4.55. The van der Waals surface area contributed by atoms with Crippen molar-refractivity contribution in [2.24, 2.45) is 5.92 Å². The molecule has 2 heterocycles. The van der Waals surface area contributed by atoms with Crippen LogP contribution >= 0.6 is 0 Å². The summed E-state index contributed by atoms with van der Waals surface area (Å²) in [7, 11) is 1.64. The maximum atomic E-state index is 12.4. The molecule has 0 radical (unpaired) electrons. The van der Waals surface area contributed by atoms with Crippen LogP contribution in [0.15, 0.2) is 24.3 Å². The van der Waals surface area contributed by atoms with E-state index in [0.29, 0.717) is 19.0 Å². The van der Waals surface area contributed by atoms with E-state index in [1.807, 2.05) is 29.2 Å². The van der Waals surface area contributed by atoms with Crippen LogP contribution in [-0.2, 0) is 0 Å². The second-order valence-electron chi connectivity index (χ2n) is 8.07. The van der Waals surface area contributed by atoms with E-state index in [1.165, 1.54) is 38.6 Å². The molecular formula is C21H31N3O3. The Balaban J connectivity index is 1.16. The molecule has 3 aliphatic rings. The van der Waals surface area contributed by atoms with Crippen molar-refractivity contribution in [3.63, 3.8) is 0 Å². The topological polar surface area (TPSA) is 54.0 Å². The Morgan fingerprint density at radius 2 is 1.85 bits per heavy atom. The summed E-state index contributed by atoms with van der Waals surface area (Å²) in [6.45, 7) is 4.39. The highest BCUT2D eigenvalue weighted by Crippen LogP contribution is 2.29. The lowest BCUT2D eigenvalue weighted by atomic mass is 10.1. The quantitative estimate of drug-likeness (QED) is 0.833. The standard InChI is InChI=1S/C21H31N3O3/c1-26-19-8-4-5-9-20(19)27-18-14-24(15-18)21(25)22-12-16-10-11-23(13-16)17-6-2-3-7-17/h4-5,8-9,16-18H,2-3,6-7,10-15H2,1H3,(H,22,25). The van der Waals surface area contributed by atoms with Gasteiger partial charge in [-0.25, -0.2) is 4.79 Å². The summed E-state index contributed by atoms with van der Waals surface area (Å²) >= 11 is 0. The van der Waals surface area contributed by atoms with E-state index in [9.17, 15) is 4.79 Å². The molecule has 0 spiro atoms. The molecule has 6 heteroatoms. The van der Waals surface area contributed by atoms with Crippen molar-refractivity contribution in [3.8, 4) is 11.5 Å². The van der Waals surface area contributed by atoms with Gasteiger partial charge in [-0.3, -0.25) is 0 Å². The first-order chi connectivity index (χ1) is 13.2. The molecule has 0 aromatic heterocycles. The number of likely N-dealkylation sites (tertiary alicyclic amines) is 2. The Hall–Kier alpha value is -1.95. The van der Waals surface area contributed by atoms with Crippen LogP contribution < -0.4 is 14.8 Å². The SMILES string of the molecule is COc1ccccc1OC1CN(C(=O)NCC2CCN(C3CCCC3)C2)C1. The van der Waals surface area contributed by atoms with Crippen LogP contribution in [0.5, 0.6) is 11.5 Å². The van der Waals surface area contributed by atoms with Crippen molar-refractivity contribution in [2.75, 3.05) is 39.8 Å². The number of methoxy groups -OCH3 is 1. The molecule has 2 amide bonds. The van der Waals surface area contributed by atoms with Crippen molar-refractivity contribution < 1.29 is 14.3 Å². The Kier molecular flexibility index (Phi) is 5.72. The van der Waals surface area contributed by atoms with Crippen LogP contribution in [0, 0.1) is 5.92 Å². The number of benzene rings is 1. The van der Waals surface area contributed by atoms with Crippen molar-refractivity contribution in [1.82, 2.24) is 15.1 Å². The summed E-state index contributed by atoms with van der Waals surface area (Å²) in [5.41, 5.74) is 0. The Morgan fingerprint density at radius 1 is 1.11 bits per heavy atom. The summed E-state index contributed by atoms with van der Waals surface area (Å²) in [6, 6.07) is 8.47. The average Bonchev–Trinajstić information content (AvgIpc) is 3.34. The van der Waals surface area contributed by atoms with Crippen LogP contribution in [0.3, 0.4) is 0 Å². The van der Waals surface area contributed by atoms with Crippen LogP contribution in [0.2, 0.25) is 0 Å². The van der Waals surface area contributed by atoms with Gasteiger partial charge in [0, 0.05) is 19.1 Å². The van der Waals surface area contributed by atoms with E-state index in [0.717, 1.165) is 30.6 Å². The predicted molar refractivity (Wildman–Crippen MR) is 104 cm³/mol. The zero-order valence-electron chi connectivity index (χ0n) is 16.2. The minimum absolute atomic E-state index is 0.0363. The number of amides is 2. The Bertz CT molecular complexity index is 641. The molecule has 1 N–H and O–H groups in total. The molecule has 27 heavy (non-hydrogen) atoms. The van der Waals surface area contributed by atoms with Crippen molar-refractivity contribution in [2.45, 2.75) is 44.2 Å². The highest BCUT2D eigenvalue weighted by atomic mass is 16.5. The van der Waals surface area contributed by atoms with E-state index in [1.54, 1.807) is 7.11 Å². The first-order valence-corrected chi connectivity index (χ1v) is 10.3. The number of urea groups is 1. The number of para-hydroxylation sites is 2. The molecule has 2 saturated heterocycles. The van der Waals surface area contributed by atoms with Crippen LogP contribution in [0.25, 0.3) is 0 Å². The lowest BCUT2D eigenvalue weighted by molar-refractivity contribution is 0.0424. The maximum Gasteiger partial charge on any atom is 0.317 e. The molecule has 148 valence electrons. The minimum Gasteiger partial charge on any atom is -0.493 e. The number of hydrogen-bond donors (Lipinski definition) is 1. The zero-order chi connectivity index (χ0) is 18.6. The van der Waals surface area contributed by atoms with E-state index < -0.39 is 0 Å². The second-order valence-corrected chi connectivity index (χ2v) is 8.07. The molecule has 4 rings (SSSR count). The number of hydrogen-bond acceptors (Lipinski definition) is 4. The third kappa shape index (κ3) is 4.32. The lowest BCUT2D eigenvalue weighted by Gasteiger charge is -2.39. The van der Waals surface area contributed by atoms with Crippen LogP contribution in [0.1, 0.15) is 32.1 Å². The monoisotopic (exact) mass is 373 g/mol. The van der Waals surface area contributed by atoms with Gasteiger partial charge in [-0.15, -0.1) is 0 Å². The summed E-state index contributed by atoms with van der Waals surface area (Å²) in [5.74, 6) is 2.06. The van der Waals surface area contributed by atoms with Gasteiger partial charge in [-0.2, -0.15) is 0 Å². The Morgan fingerprint density at radius 3 is 2.59 bits per heavy atom. The van der Waals surface area contributed by atoms with E-state index >= 15 is 0 Å². The highest BCUT2D eigenvalue weighted by Gasteiger charge is 2.34. The molecule has 1 aromatic carbocycles. The van der Waals surface area contributed by atoms with E-state index in [-0.39, 0.29) is 12.1 Å². The van der Waals surface area contributed by atoms with Gasteiger partial charge in [0.1, 0.15) is 6.10 Å². The summed E-state index contributed by atoms with van der Waals surface area (Å²) in [6.07, 6.45) is 6.74. The molecule has 1 unspecified atom stereocenters. The number of carbonyl (C=O) groups excluding carboxylic acids is 1. The largest absolute Gasteiger partial charge is 0.493 e. The molecule has 1 aromatic rings. The normalized spacial score (nSPS) is 24.0. The number of rotatable bonds is 6. The minimum atomic E-state index is 0.0363. The molecule has 1 atom stereocenters. The van der Waals surface area contributed by atoms with Gasteiger partial charge in [-0.1, -0.05) is 25.0 Å². The predicted octanol–water partition coefficient (Wildman–Crippen LogP) is 2.73. The smallest absolute Gasteiger partial charge is 0.317 e. The fourth-order valence-corrected chi connectivity index (χ4v) is 4.55. The molecule has 1 saturated carbocycles. The summed E-state index contributed by atoms with van der Waals surface area (Å²) < 4.78 is 11.3. The lowest BCUT2D eigenvalue weighted by Crippen LogP contribution is -2.59. The first kappa shape index (κ1) is 18.4. The number of nitrogens with zero attached hydrogens (tertiary/aromatic N) is 2.